The Morgan fingerprint density at radius 3 is 2.10 bits per heavy atom. The molecule has 8 aromatic rings. The minimum absolute atomic E-state index is 0.784. The summed E-state index contributed by atoms with van der Waals surface area (Å²) in [5.41, 5.74) is 9.63. The molecule has 0 spiro atoms. The summed E-state index contributed by atoms with van der Waals surface area (Å²) in [4.78, 5) is 6.82. The molecule has 0 radical (unpaired) electrons. The maximum atomic E-state index is 6.25. The minimum Gasteiger partial charge on any atom is -0.456 e. The van der Waals surface area contributed by atoms with Crippen LogP contribution in [0.15, 0.2) is 142 Å². The number of hydrogen-bond acceptors (Lipinski definition) is 4. The largest absolute Gasteiger partial charge is 0.456 e. The Hall–Kier alpha value is -5.35. The fraction of sp³-hybridized carbons (Fsp3) is 0. The van der Waals surface area contributed by atoms with Gasteiger partial charge in [0.2, 0.25) is 0 Å². The predicted molar refractivity (Wildman–Crippen MR) is 159 cm³/mol. The fourth-order valence-corrected chi connectivity index (χ4v) is 5.53. The van der Waals surface area contributed by atoms with Gasteiger partial charge in [-0.25, -0.2) is 0 Å². The lowest BCUT2D eigenvalue weighted by atomic mass is 10.0. The molecule has 3 aromatic heterocycles. The Labute approximate surface area is 224 Å². The van der Waals surface area contributed by atoms with Gasteiger partial charge in [-0.3, -0.25) is 4.98 Å². The van der Waals surface area contributed by atoms with Gasteiger partial charge < -0.3 is 13.7 Å². The van der Waals surface area contributed by atoms with Crippen molar-refractivity contribution in [2.75, 3.05) is 4.90 Å². The van der Waals surface area contributed by atoms with Crippen LogP contribution in [0.1, 0.15) is 0 Å². The lowest BCUT2D eigenvalue weighted by Gasteiger charge is -2.26. The summed E-state index contributed by atoms with van der Waals surface area (Å²) < 4.78 is 12.5. The second-order valence-electron chi connectivity index (χ2n) is 9.63. The summed E-state index contributed by atoms with van der Waals surface area (Å²) >= 11 is 0. The molecule has 0 fully saturated rings. The Morgan fingerprint density at radius 2 is 1.21 bits per heavy atom. The van der Waals surface area contributed by atoms with Gasteiger partial charge in [0.15, 0.2) is 5.58 Å². The Morgan fingerprint density at radius 1 is 0.487 bits per heavy atom. The average molecular weight is 503 g/mol. The van der Waals surface area contributed by atoms with Crippen LogP contribution < -0.4 is 4.90 Å². The van der Waals surface area contributed by atoms with Gasteiger partial charge in [-0.2, -0.15) is 0 Å². The Balaban J connectivity index is 1.37. The number of rotatable bonds is 4. The Bertz CT molecular complexity index is 2120. The molecule has 0 N–H and O–H groups in total. The molecule has 0 saturated heterocycles. The Kier molecular flexibility index (Phi) is 4.79. The van der Waals surface area contributed by atoms with E-state index < -0.39 is 0 Å². The lowest BCUT2D eigenvalue weighted by molar-refractivity contribution is 0.668. The van der Waals surface area contributed by atoms with Crippen LogP contribution >= 0.6 is 0 Å². The predicted octanol–water partition coefficient (Wildman–Crippen LogP) is 10.0. The average Bonchev–Trinajstić information content (AvgIpc) is 3.56. The number of anilines is 3. The molecule has 184 valence electrons. The van der Waals surface area contributed by atoms with Crippen molar-refractivity contribution >= 4 is 61.1 Å². The molecule has 0 aliphatic rings. The van der Waals surface area contributed by atoms with E-state index in [4.69, 9.17) is 8.83 Å². The van der Waals surface area contributed by atoms with Crippen molar-refractivity contribution in [3.63, 3.8) is 0 Å². The molecular formula is C35H22N2O2. The SMILES string of the molecule is c1ccc(-c2ccc(N(c3ccc4c(c3)oc3cccnc34)c3cccc4oc5ccccc5c34)cc2)cc1. The second-order valence-corrected chi connectivity index (χ2v) is 9.63. The van der Waals surface area contributed by atoms with Crippen molar-refractivity contribution < 1.29 is 8.83 Å². The standard InChI is InChI=1S/C35H22N2O2/c1-2-8-23(9-3-1)24-15-17-25(18-16-24)37(26-19-20-28-33(22-26)39-32-14-7-21-36-35(28)32)29-11-6-13-31-34(29)27-10-4-5-12-30(27)38-31/h1-22H. The van der Waals surface area contributed by atoms with Gasteiger partial charge in [0.25, 0.3) is 0 Å². The number of furan rings is 2. The van der Waals surface area contributed by atoms with Gasteiger partial charge in [0, 0.05) is 34.4 Å². The van der Waals surface area contributed by atoms with Crippen molar-refractivity contribution in [2.24, 2.45) is 0 Å². The molecule has 0 saturated carbocycles. The third-order valence-electron chi connectivity index (χ3n) is 7.32. The first-order chi connectivity index (χ1) is 19.3. The molecule has 5 aromatic carbocycles. The first-order valence-electron chi connectivity index (χ1n) is 13.0. The van der Waals surface area contributed by atoms with Crippen molar-refractivity contribution in [1.82, 2.24) is 4.98 Å². The maximum Gasteiger partial charge on any atom is 0.153 e. The molecule has 0 atom stereocenters. The van der Waals surface area contributed by atoms with Crippen molar-refractivity contribution in [1.29, 1.82) is 0 Å². The van der Waals surface area contributed by atoms with Gasteiger partial charge in [-0.15, -0.1) is 0 Å². The van der Waals surface area contributed by atoms with Crippen LogP contribution in [-0.2, 0) is 0 Å². The van der Waals surface area contributed by atoms with Gasteiger partial charge in [-0.05, 0) is 65.7 Å². The zero-order chi connectivity index (χ0) is 25.8. The van der Waals surface area contributed by atoms with E-state index in [2.05, 4.69) is 101 Å². The molecule has 39 heavy (non-hydrogen) atoms. The maximum absolute atomic E-state index is 6.25. The molecule has 0 unspecified atom stereocenters. The first-order valence-corrected chi connectivity index (χ1v) is 13.0. The highest BCUT2D eigenvalue weighted by atomic mass is 16.3. The summed E-state index contributed by atoms with van der Waals surface area (Å²) in [7, 11) is 0. The third-order valence-corrected chi connectivity index (χ3v) is 7.32. The van der Waals surface area contributed by atoms with Crippen LogP contribution in [-0.4, -0.2) is 4.98 Å². The molecule has 0 aliphatic heterocycles. The quantitative estimate of drug-likeness (QED) is 0.240. The van der Waals surface area contributed by atoms with Crippen LogP contribution in [0.5, 0.6) is 0 Å². The normalized spacial score (nSPS) is 11.6. The molecule has 0 amide bonds. The highest BCUT2D eigenvalue weighted by molar-refractivity contribution is 6.13. The van der Waals surface area contributed by atoms with Crippen molar-refractivity contribution in [3.8, 4) is 11.1 Å². The van der Waals surface area contributed by atoms with E-state index >= 15 is 0 Å². The van der Waals surface area contributed by atoms with Gasteiger partial charge >= 0.3 is 0 Å². The van der Waals surface area contributed by atoms with Gasteiger partial charge in [0.1, 0.15) is 22.3 Å². The summed E-state index contributed by atoms with van der Waals surface area (Å²) in [5, 5.41) is 3.16. The molecule has 4 heteroatoms. The van der Waals surface area contributed by atoms with E-state index in [1.165, 1.54) is 11.1 Å². The van der Waals surface area contributed by atoms with Crippen LogP contribution in [0.2, 0.25) is 0 Å². The smallest absolute Gasteiger partial charge is 0.153 e. The van der Waals surface area contributed by atoms with Crippen LogP contribution in [0.3, 0.4) is 0 Å². The van der Waals surface area contributed by atoms with E-state index in [-0.39, 0.29) is 0 Å². The van der Waals surface area contributed by atoms with E-state index in [1.54, 1.807) is 6.20 Å². The number of fused-ring (bicyclic) bond motifs is 6. The lowest BCUT2D eigenvalue weighted by Crippen LogP contribution is -2.10. The van der Waals surface area contributed by atoms with Crippen molar-refractivity contribution in [3.05, 3.63) is 134 Å². The second kappa shape index (κ2) is 8.61. The summed E-state index contributed by atoms with van der Waals surface area (Å²) in [5.74, 6) is 0. The number of benzene rings is 5. The zero-order valence-corrected chi connectivity index (χ0v) is 20.9. The zero-order valence-electron chi connectivity index (χ0n) is 20.9. The monoisotopic (exact) mass is 502 g/mol. The number of pyridine rings is 1. The van der Waals surface area contributed by atoms with E-state index in [0.29, 0.717) is 0 Å². The molecule has 8 rings (SSSR count). The number of para-hydroxylation sites is 1. The minimum atomic E-state index is 0.784. The van der Waals surface area contributed by atoms with Crippen LogP contribution in [0.4, 0.5) is 17.1 Å². The van der Waals surface area contributed by atoms with Crippen molar-refractivity contribution in [2.45, 2.75) is 0 Å². The first kappa shape index (κ1) is 21.7. The molecule has 0 aliphatic carbocycles. The van der Waals surface area contributed by atoms with Gasteiger partial charge in [-0.1, -0.05) is 66.7 Å². The topological polar surface area (TPSA) is 42.4 Å². The highest BCUT2D eigenvalue weighted by Gasteiger charge is 2.20. The van der Waals surface area contributed by atoms with E-state index in [0.717, 1.165) is 61.1 Å². The number of hydrogen-bond donors (Lipinski definition) is 0. The van der Waals surface area contributed by atoms with E-state index in [1.807, 2.05) is 36.4 Å². The molecule has 4 nitrogen and oxygen atoms in total. The summed E-state index contributed by atoms with van der Waals surface area (Å²) in [6.45, 7) is 0. The van der Waals surface area contributed by atoms with Gasteiger partial charge in [0.05, 0.1) is 11.1 Å². The molecule has 3 heterocycles. The fourth-order valence-electron chi connectivity index (χ4n) is 5.53. The summed E-state index contributed by atoms with van der Waals surface area (Å²) in [6, 6.07) is 43.8. The number of nitrogens with zero attached hydrogens (tertiary/aromatic N) is 2. The molecule has 0 bridgehead atoms. The van der Waals surface area contributed by atoms with Crippen LogP contribution in [0, 0.1) is 0 Å². The summed E-state index contributed by atoms with van der Waals surface area (Å²) in [6.07, 6.45) is 1.80. The van der Waals surface area contributed by atoms with Crippen LogP contribution in [0.25, 0.3) is 55.1 Å². The molecular weight excluding hydrogens is 480 g/mol. The number of aromatic nitrogens is 1. The third kappa shape index (κ3) is 3.50. The highest BCUT2D eigenvalue weighted by Crippen LogP contribution is 2.44. The van der Waals surface area contributed by atoms with E-state index in [9.17, 15) is 0 Å².